The van der Waals surface area contributed by atoms with E-state index in [1.165, 1.54) is 0 Å². The van der Waals surface area contributed by atoms with Crippen molar-refractivity contribution in [1.29, 1.82) is 0 Å². The third-order valence-corrected chi connectivity index (χ3v) is 3.82. The Kier molecular flexibility index (Phi) is 6.19. The number of anilines is 1. The SMILES string of the molecule is O=C(CNc1ccc(I)cc1)NN=Cc1ccc(Br)cc1. The summed E-state index contributed by atoms with van der Waals surface area (Å²) in [7, 11) is 0. The smallest absolute Gasteiger partial charge is 0.259 e. The second kappa shape index (κ2) is 8.14. The van der Waals surface area contributed by atoms with Gasteiger partial charge in [0.1, 0.15) is 0 Å². The van der Waals surface area contributed by atoms with E-state index in [4.69, 9.17) is 0 Å². The molecule has 0 saturated carbocycles. The van der Waals surface area contributed by atoms with E-state index in [1.54, 1.807) is 6.21 Å². The van der Waals surface area contributed by atoms with Crippen LogP contribution < -0.4 is 10.7 Å². The number of rotatable bonds is 5. The van der Waals surface area contributed by atoms with Crippen molar-refractivity contribution in [2.45, 2.75) is 0 Å². The Morgan fingerprint density at radius 3 is 2.48 bits per heavy atom. The number of hydrogen-bond acceptors (Lipinski definition) is 3. The number of nitrogens with zero attached hydrogens (tertiary/aromatic N) is 1. The van der Waals surface area contributed by atoms with Crippen molar-refractivity contribution >= 4 is 56.3 Å². The van der Waals surface area contributed by atoms with E-state index in [0.29, 0.717) is 0 Å². The number of carbonyl (C=O) groups excluding carboxylic acids is 1. The van der Waals surface area contributed by atoms with Crippen LogP contribution in [0, 0.1) is 3.57 Å². The highest BCUT2D eigenvalue weighted by Crippen LogP contribution is 2.10. The highest BCUT2D eigenvalue weighted by molar-refractivity contribution is 14.1. The molecule has 2 rings (SSSR count). The molecule has 0 heterocycles. The van der Waals surface area contributed by atoms with E-state index >= 15 is 0 Å². The van der Waals surface area contributed by atoms with E-state index in [1.807, 2.05) is 48.5 Å². The second-order valence-corrected chi connectivity index (χ2v) is 6.37. The molecular weight excluding hydrogens is 445 g/mol. The first-order valence-corrected chi connectivity index (χ1v) is 8.07. The predicted molar refractivity (Wildman–Crippen MR) is 97.5 cm³/mol. The average molecular weight is 458 g/mol. The first-order valence-electron chi connectivity index (χ1n) is 6.20. The lowest BCUT2D eigenvalue weighted by atomic mass is 10.2. The molecule has 4 nitrogen and oxygen atoms in total. The van der Waals surface area contributed by atoms with Crippen molar-refractivity contribution in [2.24, 2.45) is 5.10 Å². The van der Waals surface area contributed by atoms with Gasteiger partial charge in [0.2, 0.25) is 0 Å². The van der Waals surface area contributed by atoms with Gasteiger partial charge in [-0.25, -0.2) is 5.43 Å². The topological polar surface area (TPSA) is 53.5 Å². The first kappa shape index (κ1) is 16.0. The minimum absolute atomic E-state index is 0.179. The quantitative estimate of drug-likeness (QED) is 0.409. The molecule has 0 aliphatic rings. The van der Waals surface area contributed by atoms with Gasteiger partial charge in [0.05, 0.1) is 12.8 Å². The molecule has 0 spiro atoms. The Balaban J connectivity index is 1.77. The summed E-state index contributed by atoms with van der Waals surface area (Å²) in [5.74, 6) is -0.193. The van der Waals surface area contributed by atoms with Gasteiger partial charge in [0.15, 0.2) is 0 Å². The van der Waals surface area contributed by atoms with Crippen LogP contribution in [0.25, 0.3) is 0 Å². The molecule has 2 aromatic carbocycles. The van der Waals surface area contributed by atoms with Gasteiger partial charge in [-0.3, -0.25) is 4.79 Å². The zero-order valence-electron chi connectivity index (χ0n) is 11.0. The van der Waals surface area contributed by atoms with E-state index in [9.17, 15) is 4.79 Å². The van der Waals surface area contributed by atoms with Crippen molar-refractivity contribution in [1.82, 2.24) is 5.43 Å². The van der Waals surface area contributed by atoms with Gasteiger partial charge in [0.25, 0.3) is 5.91 Å². The molecule has 6 heteroatoms. The van der Waals surface area contributed by atoms with Gasteiger partial charge in [-0.1, -0.05) is 28.1 Å². The van der Waals surface area contributed by atoms with Crippen LogP contribution >= 0.6 is 38.5 Å². The summed E-state index contributed by atoms with van der Waals surface area (Å²) in [5, 5.41) is 6.95. The van der Waals surface area contributed by atoms with Crippen molar-refractivity contribution < 1.29 is 4.79 Å². The summed E-state index contributed by atoms with van der Waals surface area (Å²) in [6.45, 7) is 0.179. The number of halogens is 2. The molecular formula is C15H13BrIN3O. The van der Waals surface area contributed by atoms with Gasteiger partial charge in [-0.05, 0) is 64.6 Å². The van der Waals surface area contributed by atoms with E-state index in [0.717, 1.165) is 19.3 Å². The Morgan fingerprint density at radius 2 is 1.81 bits per heavy atom. The molecule has 2 N–H and O–H groups in total. The van der Waals surface area contributed by atoms with E-state index in [2.05, 4.69) is 54.4 Å². The first-order chi connectivity index (χ1) is 10.1. The maximum absolute atomic E-state index is 11.6. The molecule has 0 aliphatic carbocycles. The summed E-state index contributed by atoms with van der Waals surface area (Å²) in [4.78, 5) is 11.6. The summed E-state index contributed by atoms with van der Waals surface area (Å²) in [6.07, 6.45) is 1.61. The highest BCUT2D eigenvalue weighted by Gasteiger charge is 1.99. The number of amides is 1. The highest BCUT2D eigenvalue weighted by atomic mass is 127. The Bertz CT molecular complexity index is 626. The van der Waals surface area contributed by atoms with Crippen LogP contribution in [-0.4, -0.2) is 18.7 Å². The molecule has 2 aromatic rings. The summed E-state index contributed by atoms with van der Waals surface area (Å²) >= 11 is 5.60. The van der Waals surface area contributed by atoms with E-state index in [-0.39, 0.29) is 12.5 Å². The number of hydrogen-bond donors (Lipinski definition) is 2. The average Bonchev–Trinajstić information content (AvgIpc) is 2.49. The van der Waals surface area contributed by atoms with E-state index < -0.39 is 0 Å². The number of nitrogens with one attached hydrogen (secondary N) is 2. The third kappa shape index (κ3) is 5.84. The lowest BCUT2D eigenvalue weighted by Crippen LogP contribution is -2.25. The van der Waals surface area contributed by atoms with Crippen LogP contribution in [0.4, 0.5) is 5.69 Å². The molecule has 0 aliphatic heterocycles. The molecule has 1 amide bonds. The molecule has 0 bridgehead atoms. The number of carbonyl (C=O) groups is 1. The van der Waals surface area contributed by atoms with Crippen LogP contribution in [0.1, 0.15) is 5.56 Å². The molecule has 0 unspecified atom stereocenters. The molecule has 0 fully saturated rings. The van der Waals surface area contributed by atoms with Gasteiger partial charge in [0, 0.05) is 13.7 Å². The molecule has 21 heavy (non-hydrogen) atoms. The second-order valence-electron chi connectivity index (χ2n) is 4.21. The lowest BCUT2D eigenvalue weighted by molar-refractivity contribution is -0.119. The monoisotopic (exact) mass is 457 g/mol. The number of hydrazone groups is 1. The van der Waals surface area contributed by atoms with Crippen molar-refractivity contribution in [3.8, 4) is 0 Å². The standard InChI is InChI=1S/C15H13BrIN3O/c16-12-3-1-11(2-4-12)9-19-20-15(21)10-18-14-7-5-13(17)6-8-14/h1-9,18H,10H2,(H,20,21). The third-order valence-electron chi connectivity index (χ3n) is 2.57. The summed E-state index contributed by atoms with van der Waals surface area (Å²) < 4.78 is 2.16. The van der Waals surface area contributed by atoms with Gasteiger partial charge >= 0.3 is 0 Å². The van der Waals surface area contributed by atoms with Crippen molar-refractivity contribution in [3.05, 3.63) is 62.1 Å². The van der Waals surface area contributed by atoms with Crippen LogP contribution in [0.3, 0.4) is 0 Å². The van der Waals surface area contributed by atoms with Gasteiger partial charge in [-0.15, -0.1) is 0 Å². The fourth-order valence-electron chi connectivity index (χ4n) is 1.52. The number of benzene rings is 2. The normalized spacial score (nSPS) is 10.6. The molecule has 0 atom stereocenters. The molecule has 0 aromatic heterocycles. The molecule has 108 valence electrons. The zero-order chi connectivity index (χ0) is 15.1. The Morgan fingerprint density at radius 1 is 1.14 bits per heavy atom. The molecule has 0 saturated heterocycles. The minimum Gasteiger partial charge on any atom is -0.376 e. The minimum atomic E-state index is -0.193. The zero-order valence-corrected chi connectivity index (χ0v) is 14.8. The van der Waals surface area contributed by atoms with Crippen LogP contribution in [0.5, 0.6) is 0 Å². The summed E-state index contributed by atoms with van der Waals surface area (Å²) in [5.41, 5.74) is 4.31. The maximum Gasteiger partial charge on any atom is 0.259 e. The Hall–Kier alpha value is -1.41. The van der Waals surface area contributed by atoms with Gasteiger partial charge < -0.3 is 5.32 Å². The van der Waals surface area contributed by atoms with Crippen molar-refractivity contribution in [2.75, 3.05) is 11.9 Å². The fraction of sp³-hybridized carbons (Fsp3) is 0.0667. The van der Waals surface area contributed by atoms with Crippen LogP contribution in [0.15, 0.2) is 58.1 Å². The van der Waals surface area contributed by atoms with Gasteiger partial charge in [-0.2, -0.15) is 5.10 Å². The maximum atomic E-state index is 11.6. The largest absolute Gasteiger partial charge is 0.376 e. The van der Waals surface area contributed by atoms with Crippen LogP contribution in [-0.2, 0) is 4.79 Å². The lowest BCUT2D eigenvalue weighted by Gasteiger charge is -2.05. The molecule has 0 radical (unpaired) electrons. The fourth-order valence-corrected chi connectivity index (χ4v) is 2.14. The van der Waals surface area contributed by atoms with Crippen molar-refractivity contribution in [3.63, 3.8) is 0 Å². The summed E-state index contributed by atoms with van der Waals surface area (Å²) in [6, 6.07) is 15.5. The van der Waals surface area contributed by atoms with Crippen LogP contribution in [0.2, 0.25) is 0 Å². The predicted octanol–water partition coefficient (Wildman–Crippen LogP) is 3.62. The Labute approximate surface area is 145 Å².